The molecule has 0 aromatic heterocycles. The van der Waals surface area contributed by atoms with E-state index in [1.807, 2.05) is 0 Å². The number of nitrogens with zero attached hydrogens (tertiary/aromatic N) is 2. The van der Waals surface area contributed by atoms with Crippen molar-refractivity contribution in [3.8, 4) is 17.2 Å². The molecule has 1 amide bonds. The zero-order valence-corrected chi connectivity index (χ0v) is 21.9. The molecule has 2 aromatic rings. The quantitative estimate of drug-likeness (QED) is 0.499. The third-order valence-corrected chi connectivity index (χ3v) is 8.17. The highest BCUT2D eigenvalue weighted by Crippen LogP contribution is 2.38. The Morgan fingerprint density at radius 2 is 1.57 bits per heavy atom. The lowest BCUT2D eigenvalue weighted by atomic mass is 10.1. The van der Waals surface area contributed by atoms with Crippen molar-refractivity contribution in [3.05, 3.63) is 35.9 Å². The van der Waals surface area contributed by atoms with Gasteiger partial charge < -0.3 is 24.4 Å². The molecule has 9 nitrogen and oxygen atoms in total. The standard InChI is InChI=1S/C25H35N3O6S/c1-6-28(7-2)35(30,31)19-10-11-21(27-12-8-9-13-27)20(17-19)26-24(29)16-18-14-22(32-3)25(34-5)23(15-18)33-4/h10-11,14-15,17H,6-9,12-13,16H2,1-5H3,(H,26,29). The zero-order valence-electron chi connectivity index (χ0n) is 21.1. The van der Waals surface area contributed by atoms with Gasteiger partial charge in [-0.1, -0.05) is 13.8 Å². The topological polar surface area (TPSA) is 97.4 Å². The van der Waals surface area contributed by atoms with E-state index in [-0.39, 0.29) is 17.2 Å². The number of carbonyl (C=O) groups excluding carboxylic acids is 1. The number of carbonyl (C=O) groups is 1. The number of methoxy groups -OCH3 is 3. The number of sulfonamides is 1. The van der Waals surface area contributed by atoms with E-state index in [0.717, 1.165) is 31.6 Å². The second kappa shape index (κ2) is 11.6. The predicted octanol–water partition coefficient (Wildman–Crippen LogP) is 3.52. The Kier molecular flexibility index (Phi) is 8.85. The molecule has 3 rings (SSSR count). The average Bonchev–Trinajstić information content (AvgIpc) is 3.38. The maximum absolute atomic E-state index is 13.1. The van der Waals surface area contributed by atoms with Crippen molar-refractivity contribution in [2.45, 2.75) is 38.0 Å². The molecular weight excluding hydrogens is 470 g/mol. The zero-order chi connectivity index (χ0) is 25.6. The summed E-state index contributed by atoms with van der Waals surface area (Å²) in [5.74, 6) is 1.08. The highest BCUT2D eigenvalue weighted by Gasteiger charge is 2.25. The molecule has 2 aromatic carbocycles. The minimum atomic E-state index is -3.67. The highest BCUT2D eigenvalue weighted by atomic mass is 32.2. The van der Waals surface area contributed by atoms with Gasteiger partial charge in [-0.05, 0) is 48.7 Å². The molecular formula is C25H35N3O6S. The SMILES string of the molecule is CCN(CC)S(=O)(=O)c1ccc(N2CCCC2)c(NC(=O)Cc2cc(OC)c(OC)c(OC)c2)c1. The lowest BCUT2D eigenvalue weighted by Crippen LogP contribution is -2.31. The molecule has 1 N–H and O–H groups in total. The molecule has 0 saturated carbocycles. The van der Waals surface area contributed by atoms with E-state index in [2.05, 4.69) is 10.2 Å². The van der Waals surface area contributed by atoms with Crippen LogP contribution < -0.4 is 24.4 Å². The fraction of sp³-hybridized carbons (Fsp3) is 0.480. The Labute approximate surface area is 208 Å². The monoisotopic (exact) mass is 505 g/mol. The second-order valence-corrected chi connectivity index (χ2v) is 10.2. The highest BCUT2D eigenvalue weighted by molar-refractivity contribution is 7.89. The van der Waals surface area contributed by atoms with E-state index in [9.17, 15) is 13.2 Å². The minimum Gasteiger partial charge on any atom is -0.493 e. The molecule has 1 heterocycles. The summed E-state index contributed by atoms with van der Waals surface area (Å²) in [6.45, 7) is 6.07. The van der Waals surface area contributed by atoms with Gasteiger partial charge >= 0.3 is 0 Å². The van der Waals surface area contributed by atoms with Crippen molar-refractivity contribution in [2.24, 2.45) is 0 Å². The van der Waals surface area contributed by atoms with Crippen LogP contribution in [0.4, 0.5) is 11.4 Å². The van der Waals surface area contributed by atoms with E-state index < -0.39 is 10.0 Å². The molecule has 1 aliphatic rings. The molecule has 10 heteroatoms. The first-order valence-electron chi connectivity index (χ1n) is 11.8. The van der Waals surface area contributed by atoms with Crippen molar-refractivity contribution in [3.63, 3.8) is 0 Å². The number of rotatable bonds is 11. The van der Waals surface area contributed by atoms with Gasteiger partial charge in [0.25, 0.3) is 0 Å². The molecule has 0 unspecified atom stereocenters. The number of nitrogens with one attached hydrogen (secondary N) is 1. The molecule has 192 valence electrons. The summed E-state index contributed by atoms with van der Waals surface area (Å²) >= 11 is 0. The van der Waals surface area contributed by atoms with Gasteiger partial charge in [-0.25, -0.2) is 8.42 Å². The normalized spacial score (nSPS) is 13.7. The van der Waals surface area contributed by atoms with Crippen molar-refractivity contribution in [2.75, 3.05) is 57.7 Å². The van der Waals surface area contributed by atoms with Crippen LogP contribution >= 0.6 is 0 Å². The Balaban J connectivity index is 1.93. The van der Waals surface area contributed by atoms with Crippen molar-refractivity contribution < 1.29 is 27.4 Å². The maximum Gasteiger partial charge on any atom is 0.243 e. The maximum atomic E-state index is 13.1. The fourth-order valence-corrected chi connectivity index (χ4v) is 5.82. The molecule has 0 spiro atoms. The number of anilines is 2. The van der Waals surface area contributed by atoms with Crippen LogP contribution in [0.3, 0.4) is 0 Å². The molecule has 0 radical (unpaired) electrons. The van der Waals surface area contributed by atoms with E-state index in [0.29, 0.717) is 41.6 Å². The van der Waals surface area contributed by atoms with Gasteiger partial charge in [-0.15, -0.1) is 0 Å². The predicted molar refractivity (Wildman–Crippen MR) is 136 cm³/mol. The van der Waals surface area contributed by atoms with Crippen LogP contribution in [0.5, 0.6) is 17.2 Å². The summed E-state index contributed by atoms with van der Waals surface area (Å²) in [5, 5.41) is 2.95. The molecule has 0 atom stereocenters. The first-order valence-corrected chi connectivity index (χ1v) is 13.2. The number of amides is 1. The Morgan fingerprint density at radius 3 is 2.09 bits per heavy atom. The number of ether oxygens (including phenoxy) is 3. The first kappa shape index (κ1) is 26.6. The molecule has 0 aliphatic carbocycles. The minimum absolute atomic E-state index is 0.0448. The van der Waals surface area contributed by atoms with Crippen LogP contribution in [0.1, 0.15) is 32.3 Å². The summed E-state index contributed by atoms with van der Waals surface area (Å²) in [4.78, 5) is 15.4. The smallest absolute Gasteiger partial charge is 0.243 e. The largest absolute Gasteiger partial charge is 0.493 e. The summed E-state index contributed by atoms with van der Waals surface area (Å²) in [5.41, 5.74) is 1.98. The number of benzene rings is 2. The van der Waals surface area contributed by atoms with Crippen LogP contribution in [-0.4, -0.2) is 66.1 Å². The molecule has 35 heavy (non-hydrogen) atoms. The van der Waals surface area contributed by atoms with Crippen LogP contribution in [0, 0.1) is 0 Å². The third-order valence-electron chi connectivity index (χ3n) is 6.12. The average molecular weight is 506 g/mol. The van der Waals surface area contributed by atoms with Gasteiger partial charge in [-0.3, -0.25) is 4.79 Å². The molecule has 1 fully saturated rings. The second-order valence-electron chi connectivity index (χ2n) is 8.22. The van der Waals surface area contributed by atoms with Crippen molar-refractivity contribution >= 4 is 27.3 Å². The summed E-state index contributed by atoms with van der Waals surface area (Å²) < 4.78 is 43.8. The van der Waals surface area contributed by atoms with Crippen LogP contribution in [0.2, 0.25) is 0 Å². The van der Waals surface area contributed by atoms with Gasteiger partial charge in [0.2, 0.25) is 21.7 Å². The Hall–Kier alpha value is -2.98. The number of hydrogen-bond acceptors (Lipinski definition) is 7. The van der Waals surface area contributed by atoms with Gasteiger partial charge in [0.15, 0.2) is 11.5 Å². The lowest BCUT2D eigenvalue weighted by molar-refractivity contribution is -0.115. The molecule has 1 saturated heterocycles. The van der Waals surface area contributed by atoms with E-state index >= 15 is 0 Å². The van der Waals surface area contributed by atoms with Crippen LogP contribution in [-0.2, 0) is 21.2 Å². The van der Waals surface area contributed by atoms with Crippen LogP contribution in [0.25, 0.3) is 0 Å². The molecule has 1 aliphatic heterocycles. The van der Waals surface area contributed by atoms with Crippen LogP contribution in [0.15, 0.2) is 35.2 Å². The van der Waals surface area contributed by atoms with E-state index in [4.69, 9.17) is 14.2 Å². The lowest BCUT2D eigenvalue weighted by Gasteiger charge is -2.24. The van der Waals surface area contributed by atoms with Gasteiger partial charge in [-0.2, -0.15) is 4.31 Å². The summed E-state index contributed by atoms with van der Waals surface area (Å²) in [6, 6.07) is 8.43. The third kappa shape index (κ3) is 5.82. The van der Waals surface area contributed by atoms with E-state index in [1.54, 1.807) is 44.2 Å². The van der Waals surface area contributed by atoms with Gasteiger partial charge in [0.05, 0.1) is 44.0 Å². The van der Waals surface area contributed by atoms with E-state index in [1.165, 1.54) is 25.6 Å². The van der Waals surface area contributed by atoms with Crippen molar-refractivity contribution in [1.29, 1.82) is 0 Å². The Bertz CT molecular complexity index is 1120. The molecule has 0 bridgehead atoms. The van der Waals surface area contributed by atoms with Gasteiger partial charge in [0, 0.05) is 26.2 Å². The fourth-order valence-electron chi connectivity index (χ4n) is 4.34. The number of hydrogen-bond donors (Lipinski definition) is 1. The van der Waals surface area contributed by atoms with Gasteiger partial charge in [0.1, 0.15) is 0 Å². The first-order chi connectivity index (χ1) is 16.8. The summed E-state index contributed by atoms with van der Waals surface area (Å²) in [7, 11) is 0.890. The van der Waals surface area contributed by atoms with Crippen molar-refractivity contribution in [1.82, 2.24) is 4.31 Å². The Morgan fingerprint density at radius 1 is 0.971 bits per heavy atom. The summed E-state index contributed by atoms with van der Waals surface area (Å²) in [6.07, 6.45) is 2.15.